The summed E-state index contributed by atoms with van der Waals surface area (Å²) in [7, 11) is 0. The third kappa shape index (κ3) is 3.92. The van der Waals surface area contributed by atoms with E-state index in [9.17, 15) is 9.90 Å². The Morgan fingerprint density at radius 2 is 2.00 bits per heavy atom. The molecule has 0 aromatic heterocycles. The minimum atomic E-state index is -0.208. The topological polar surface area (TPSA) is 40.5 Å². The van der Waals surface area contributed by atoms with Gasteiger partial charge in [0, 0.05) is 24.7 Å². The number of rotatable bonds is 5. The molecule has 1 aromatic carbocycles. The van der Waals surface area contributed by atoms with Gasteiger partial charge in [0.2, 0.25) is 0 Å². The van der Waals surface area contributed by atoms with Gasteiger partial charge in [0.1, 0.15) is 0 Å². The fraction of sp³-hybridized carbons (Fsp3) is 0.438. The lowest BCUT2D eigenvalue weighted by molar-refractivity contribution is -0.116. The van der Waals surface area contributed by atoms with Crippen LogP contribution in [0.1, 0.15) is 24.3 Å². The highest BCUT2D eigenvalue weighted by Gasteiger charge is 2.24. The van der Waals surface area contributed by atoms with Crippen molar-refractivity contribution in [2.45, 2.75) is 24.9 Å². The second kappa shape index (κ2) is 7.02. The van der Waals surface area contributed by atoms with Gasteiger partial charge in [-0.05, 0) is 36.6 Å². The first kappa shape index (κ1) is 15.2. The second-order valence-electron chi connectivity index (χ2n) is 5.24. The molecule has 0 spiro atoms. The number of carbonyl (C=O) groups excluding carboxylic acids is 1. The molecule has 3 nitrogen and oxygen atoms in total. The average molecular weight is 294 g/mol. The fourth-order valence-electron chi connectivity index (χ4n) is 2.56. The van der Waals surface area contributed by atoms with Crippen LogP contribution in [0, 0.1) is 0 Å². The summed E-state index contributed by atoms with van der Waals surface area (Å²) in [4.78, 5) is 14.3. The highest BCUT2D eigenvalue weighted by atomic mass is 35.5. The van der Waals surface area contributed by atoms with Crippen molar-refractivity contribution in [1.29, 1.82) is 0 Å². The Morgan fingerprint density at radius 1 is 1.40 bits per heavy atom. The summed E-state index contributed by atoms with van der Waals surface area (Å²) in [5, 5.41) is 10.2. The maximum Gasteiger partial charge on any atom is 0.163 e. The van der Waals surface area contributed by atoms with Gasteiger partial charge in [0.15, 0.2) is 5.78 Å². The average Bonchev–Trinajstić information content (AvgIpc) is 2.47. The van der Waals surface area contributed by atoms with E-state index in [0.717, 1.165) is 31.5 Å². The molecule has 4 heteroatoms. The van der Waals surface area contributed by atoms with E-state index in [0.29, 0.717) is 11.6 Å². The number of carbonyl (C=O) groups is 1. The van der Waals surface area contributed by atoms with Crippen LogP contribution in [0.2, 0.25) is 5.02 Å². The van der Waals surface area contributed by atoms with Gasteiger partial charge >= 0.3 is 0 Å². The van der Waals surface area contributed by atoms with Crippen LogP contribution in [0.25, 0.3) is 0 Å². The van der Waals surface area contributed by atoms with E-state index in [2.05, 4.69) is 11.5 Å². The third-order valence-electron chi connectivity index (χ3n) is 3.81. The quantitative estimate of drug-likeness (QED) is 0.849. The van der Waals surface area contributed by atoms with Gasteiger partial charge in [0.05, 0.1) is 12.0 Å². The van der Waals surface area contributed by atoms with Crippen molar-refractivity contribution in [3.05, 3.63) is 47.5 Å². The summed E-state index contributed by atoms with van der Waals surface area (Å²) in [5.41, 5.74) is 0.963. The highest BCUT2D eigenvalue weighted by Crippen LogP contribution is 2.23. The number of piperidine rings is 1. The van der Waals surface area contributed by atoms with Crippen LogP contribution >= 0.6 is 11.6 Å². The predicted molar refractivity (Wildman–Crippen MR) is 81.1 cm³/mol. The molecular weight excluding hydrogens is 274 g/mol. The molecule has 1 saturated heterocycles. The minimum Gasteiger partial charge on any atom is -0.393 e. The summed E-state index contributed by atoms with van der Waals surface area (Å²) in [6.45, 7) is 5.92. The number of allylic oxidation sites excluding steroid dienone is 1. The summed E-state index contributed by atoms with van der Waals surface area (Å²) in [6.07, 6.45) is 2.74. The van der Waals surface area contributed by atoms with E-state index < -0.39 is 0 Å². The van der Waals surface area contributed by atoms with E-state index in [4.69, 9.17) is 11.6 Å². The molecule has 0 unspecified atom stereocenters. The van der Waals surface area contributed by atoms with Crippen molar-refractivity contribution in [2.75, 3.05) is 19.6 Å². The van der Waals surface area contributed by atoms with Crippen LogP contribution in [0.15, 0.2) is 36.9 Å². The molecule has 1 aliphatic heterocycles. The molecule has 1 aliphatic rings. The van der Waals surface area contributed by atoms with Gasteiger partial charge in [0.25, 0.3) is 0 Å². The number of benzene rings is 1. The van der Waals surface area contributed by atoms with Gasteiger partial charge in [-0.1, -0.05) is 30.3 Å². The van der Waals surface area contributed by atoms with Crippen molar-refractivity contribution < 1.29 is 9.90 Å². The van der Waals surface area contributed by atoms with Crippen molar-refractivity contribution in [1.82, 2.24) is 4.90 Å². The van der Waals surface area contributed by atoms with Crippen molar-refractivity contribution in [3.8, 4) is 0 Å². The molecule has 20 heavy (non-hydrogen) atoms. The SMILES string of the molecule is C=CC(=O)[C@H](CN1CCC(O)CC1)c1ccc(Cl)cc1. The smallest absolute Gasteiger partial charge is 0.163 e. The number of aliphatic hydroxyl groups is 1. The molecular formula is C16H20ClNO2. The maximum atomic E-state index is 12.1. The first-order valence-electron chi connectivity index (χ1n) is 6.92. The third-order valence-corrected chi connectivity index (χ3v) is 4.07. The van der Waals surface area contributed by atoms with E-state index >= 15 is 0 Å². The Hall–Kier alpha value is -1.16. The van der Waals surface area contributed by atoms with Gasteiger partial charge in [-0.15, -0.1) is 0 Å². The van der Waals surface area contributed by atoms with E-state index in [-0.39, 0.29) is 17.8 Å². The van der Waals surface area contributed by atoms with Gasteiger partial charge in [-0.3, -0.25) is 4.79 Å². The number of aliphatic hydroxyl groups excluding tert-OH is 1. The Morgan fingerprint density at radius 3 is 2.55 bits per heavy atom. The number of ketones is 1. The lowest BCUT2D eigenvalue weighted by Crippen LogP contribution is -2.39. The molecule has 1 fully saturated rings. The van der Waals surface area contributed by atoms with Crippen molar-refractivity contribution in [2.24, 2.45) is 0 Å². The fourth-order valence-corrected chi connectivity index (χ4v) is 2.68. The molecule has 1 atom stereocenters. The first-order valence-corrected chi connectivity index (χ1v) is 7.30. The number of halogens is 1. The molecule has 108 valence electrons. The second-order valence-corrected chi connectivity index (χ2v) is 5.68. The zero-order valence-electron chi connectivity index (χ0n) is 11.5. The Bertz CT molecular complexity index is 464. The van der Waals surface area contributed by atoms with Gasteiger partial charge < -0.3 is 10.0 Å². The van der Waals surface area contributed by atoms with Crippen LogP contribution in [-0.2, 0) is 4.79 Å². The lowest BCUT2D eigenvalue weighted by Gasteiger charge is -2.32. The van der Waals surface area contributed by atoms with E-state index in [1.807, 2.05) is 12.1 Å². The van der Waals surface area contributed by atoms with Crippen LogP contribution in [0.4, 0.5) is 0 Å². The Kier molecular flexibility index (Phi) is 5.35. The minimum absolute atomic E-state index is 0.0263. The standard InChI is InChI=1S/C16H20ClNO2/c1-2-16(20)15(12-3-5-13(17)6-4-12)11-18-9-7-14(19)8-10-18/h2-6,14-15,19H,1,7-11H2/t15-/m1/s1. The van der Waals surface area contributed by atoms with Gasteiger partial charge in [-0.25, -0.2) is 0 Å². The summed E-state index contributed by atoms with van der Waals surface area (Å²) >= 11 is 5.89. The number of nitrogens with zero attached hydrogens (tertiary/aromatic N) is 1. The molecule has 0 aliphatic carbocycles. The lowest BCUT2D eigenvalue weighted by atomic mass is 9.93. The van der Waals surface area contributed by atoms with Crippen molar-refractivity contribution >= 4 is 17.4 Å². The zero-order valence-corrected chi connectivity index (χ0v) is 12.2. The molecule has 1 heterocycles. The van der Waals surface area contributed by atoms with E-state index in [1.165, 1.54) is 6.08 Å². The van der Waals surface area contributed by atoms with Crippen molar-refractivity contribution in [3.63, 3.8) is 0 Å². The molecule has 0 amide bonds. The Labute approximate surface area is 124 Å². The van der Waals surface area contributed by atoms with E-state index in [1.54, 1.807) is 12.1 Å². The highest BCUT2D eigenvalue weighted by molar-refractivity contribution is 6.30. The molecule has 0 radical (unpaired) electrons. The van der Waals surface area contributed by atoms with Crippen LogP contribution in [-0.4, -0.2) is 41.5 Å². The summed E-state index contributed by atoms with van der Waals surface area (Å²) in [6, 6.07) is 7.40. The van der Waals surface area contributed by atoms with Gasteiger partial charge in [-0.2, -0.15) is 0 Å². The molecule has 1 N–H and O–H groups in total. The predicted octanol–water partition coefficient (Wildman–Crippen LogP) is 2.64. The van der Waals surface area contributed by atoms with Crippen LogP contribution in [0.5, 0.6) is 0 Å². The number of hydrogen-bond acceptors (Lipinski definition) is 3. The Balaban J connectivity index is 2.09. The first-order chi connectivity index (χ1) is 9.60. The molecule has 2 rings (SSSR count). The largest absolute Gasteiger partial charge is 0.393 e. The number of likely N-dealkylation sites (tertiary alicyclic amines) is 1. The maximum absolute atomic E-state index is 12.1. The molecule has 0 bridgehead atoms. The number of hydrogen-bond donors (Lipinski definition) is 1. The zero-order chi connectivity index (χ0) is 14.5. The van der Waals surface area contributed by atoms with Crippen LogP contribution in [0.3, 0.4) is 0 Å². The normalized spacial score (nSPS) is 18.7. The summed E-state index contributed by atoms with van der Waals surface area (Å²) in [5.74, 6) is -0.182. The molecule has 0 saturated carbocycles. The monoisotopic (exact) mass is 293 g/mol. The molecule has 1 aromatic rings. The summed E-state index contributed by atoms with van der Waals surface area (Å²) < 4.78 is 0. The van der Waals surface area contributed by atoms with Crippen LogP contribution < -0.4 is 0 Å².